The Morgan fingerprint density at radius 2 is 2.05 bits per heavy atom. The van der Waals surface area contributed by atoms with Crippen molar-refractivity contribution in [1.82, 2.24) is 9.38 Å². The van der Waals surface area contributed by atoms with Gasteiger partial charge >= 0.3 is 0 Å². The fraction of sp³-hybridized carbons (Fsp3) is 0.125. The number of imidazole rings is 1. The fourth-order valence-electron chi connectivity index (χ4n) is 2.42. The van der Waals surface area contributed by atoms with E-state index >= 15 is 0 Å². The summed E-state index contributed by atoms with van der Waals surface area (Å²) in [4.78, 5) is 15.7. The molecule has 2 heterocycles. The number of pyridine rings is 1. The zero-order valence-corrected chi connectivity index (χ0v) is 11.8. The van der Waals surface area contributed by atoms with E-state index < -0.39 is 0 Å². The molecule has 0 bridgehead atoms. The molecule has 3 aromatic rings. The monoisotopic (exact) mass is 284 g/mol. The van der Waals surface area contributed by atoms with Crippen LogP contribution >= 0.6 is 11.6 Å². The third-order valence-electron chi connectivity index (χ3n) is 3.29. The van der Waals surface area contributed by atoms with Gasteiger partial charge in [0, 0.05) is 18.2 Å². The second-order valence-corrected chi connectivity index (χ2v) is 5.12. The van der Waals surface area contributed by atoms with Gasteiger partial charge in [-0.3, -0.25) is 0 Å². The number of carbonyl (C=O) groups is 1. The molecular weight excluding hydrogens is 272 g/mol. The van der Waals surface area contributed by atoms with Crippen LogP contribution in [0.1, 0.15) is 11.3 Å². The van der Waals surface area contributed by atoms with Crippen LogP contribution in [0.15, 0.2) is 42.6 Å². The highest BCUT2D eigenvalue weighted by Crippen LogP contribution is 2.27. The number of carbonyl (C=O) groups excluding carboxylic acids is 1. The molecule has 0 unspecified atom stereocenters. The number of aryl methyl sites for hydroxylation is 1. The van der Waals surface area contributed by atoms with E-state index in [2.05, 4.69) is 4.98 Å². The molecule has 0 amide bonds. The van der Waals surface area contributed by atoms with Crippen LogP contribution < -0.4 is 0 Å². The summed E-state index contributed by atoms with van der Waals surface area (Å²) < 4.78 is 1.91. The maximum absolute atomic E-state index is 11.0. The summed E-state index contributed by atoms with van der Waals surface area (Å²) in [7, 11) is 0. The average molecular weight is 285 g/mol. The number of hydrogen-bond donors (Lipinski definition) is 0. The molecule has 0 aliphatic heterocycles. The number of aromatic nitrogens is 2. The molecule has 0 saturated carbocycles. The van der Waals surface area contributed by atoms with E-state index in [0.29, 0.717) is 11.4 Å². The van der Waals surface area contributed by atoms with E-state index in [0.717, 1.165) is 34.4 Å². The van der Waals surface area contributed by atoms with Crippen molar-refractivity contribution >= 4 is 23.5 Å². The summed E-state index contributed by atoms with van der Waals surface area (Å²) >= 11 is 6.11. The SMILES string of the molecule is Cc1cc(Cl)cn2c(CC=O)c(-c3ccccc3)nc12. The Hall–Kier alpha value is -2.13. The molecule has 4 heteroatoms. The van der Waals surface area contributed by atoms with Gasteiger partial charge in [0.2, 0.25) is 0 Å². The number of aldehydes is 1. The lowest BCUT2D eigenvalue weighted by Gasteiger charge is -2.03. The lowest BCUT2D eigenvalue weighted by molar-refractivity contribution is -0.107. The van der Waals surface area contributed by atoms with Crippen LogP contribution in [0.25, 0.3) is 16.9 Å². The Morgan fingerprint density at radius 3 is 2.75 bits per heavy atom. The largest absolute Gasteiger partial charge is 0.303 e. The first-order valence-corrected chi connectivity index (χ1v) is 6.74. The van der Waals surface area contributed by atoms with Crippen molar-refractivity contribution in [3.63, 3.8) is 0 Å². The lowest BCUT2D eigenvalue weighted by atomic mass is 10.1. The van der Waals surface area contributed by atoms with E-state index in [9.17, 15) is 4.79 Å². The third-order valence-corrected chi connectivity index (χ3v) is 3.50. The van der Waals surface area contributed by atoms with Gasteiger partial charge in [-0.2, -0.15) is 0 Å². The minimum atomic E-state index is 0.311. The first-order valence-electron chi connectivity index (χ1n) is 6.37. The smallest absolute Gasteiger partial charge is 0.140 e. The van der Waals surface area contributed by atoms with Gasteiger partial charge in [-0.15, -0.1) is 0 Å². The number of rotatable bonds is 3. The van der Waals surface area contributed by atoms with Crippen molar-refractivity contribution in [3.8, 4) is 11.3 Å². The quantitative estimate of drug-likeness (QED) is 0.687. The van der Waals surface area contributed by atoms with Gasteiger partial charge < -0.3 is 9.20 Å². The summed E-state index contributed by atoms with van der Waals surface area (Å²) in [5.41, 5.74) is 4.54. The van der Waals surface area contributed by atoms with Gasteiger partial charge in [0.15, 0.2) is 0 Å². The number of halogens is 1. The molecule has 1 aromatic carbocycles. The maximum atomic E-state index is 11.0. The van der Waals surface area contributed by atoms with Crippen molar-refractivity contribution in [2.24, 2.45) is 0 Å². The number of hydrogen-bond acceptors (Lipinski definition) is 2. The molecule has 100 valence electrons. The van der Waals surface area contributed by atoms with Crippen molar-refractivity contribution in [2.45, 2.75) is 13.3 Å². The number of nitrogens with zero attached hydrogens (tertiary/aromatic N) is 2. The summed E-state index contributed by atoms with van der Waals surface area (Å²) in [6.07, 6.45) is 3.01. The average Bonchev–Trinajstić information content (AvgIpc) is 2.80. The van der Waals surface area contributed by atoms with E-state index in [-0.39, 0.29) is 0 Å². The number of benzene rings is 1. The summed E-state index contributed by atoms with van der Waals surface area (Å²) in [5, 5.41) is 0.638. The third kappa shape index (κ3) is 2.10. The molecule has 20 heavy (non-hydrogen) atoms. The molecule has 0 spiro atoms. The molecular formula is C16H13ClN2O. The first-order chi connectivity index (χ1) is 9.70. The van der Waals surface area contributed by atoms with Crippen LogP contribution in [0.5, 0.6) is 0 Å². The zero-order chi connectivity index (χ0) is 14.1. The second kappa shape index (κ2) is 5.10. The Labute approximate surface area is 121 Å². The van der Waals surface area contributed by atoms with Crippen LogP contribution in [0.2, 0.25) is 5.02 Å². The number of fused-ring (bicyclic) bond motifs is 1. The van der Waals surface area contributed by atoms with Crippen molar-refractivity contribution in [2.75, 3.05) is 0 Å². The zero-order valence-electron chi connectivity index (χ0n) is 11.0. The van der Waals surface area contributed by atoms with E-state index in [4.69, 9.17) is 11.6 Å². The molecule has 0 N–H and O–H groups in total. The molecule has 0 saturated heterocycles. The maximum Gasteiger partial charge on any atom is 0.140 e. The predicted octanol–water partition coefficient (Wildman–Crippen LogP) is 3.70. The van der Waals surface area contributed by atoms with Gasteiger partial charge in [-0.1, -0.05) is 41.9 Å². The topological polar surface area (TPSA) is 34.4 Å². The molecule has 0 aliphatic rings. The standard InChI is InChI=1S/C16H13ClN2O/c1-11-9-13(17)10-19-14(7-8-20)15(18-16(11)19)12-5-3-2-4-6-12/h2-6,8-10H,7H2,1H3. The summed E-state index contributed by atoms with van der Waals surface area (Å²) in [6, 6.07) is 11.7. The van der Waals surface area contributed by atoms with Crippen LogP contribution in [-0.2, 0) is 11.2 Å². The van der Waals surface area contributed by atoms with Crippen LogP contribution in [0, 0.1) is 6.92 Å². The van der Waals surface area contributed by atoms with Gasteiger partial charge in [-0.25, -0.2) is 4.98 Å². The van der Waals surface area contributed by atoms with Crippen molar-refractivity contribution in [3.05, 3.63) is 58.9 Å². The van der Waals surface area contributed by atoms with Crippen molar-refractivity contribution in [1.29, 1.82) is 0 Å². The van der Waals surface area contributed by atoms with Gasteiger partial charge in [0.25, 0.3) is 0 Å². The van der Waals surface area contributed by atoms with Crippen LogP contribution in [-0.4, -0.2) is 15.7 Å². The molecule has 3 nitrogen and oxygen atoms in total. The van der Waals surface area contributed by atoms with Gasteiger partial charge in [-0.05, 0) is 18.6 Å². The van der Waals surface area contributed by atoms with E-state index in [1.54, 1.807) is 0 Å². The van der Waals surface area contributed by atoms with E-state index in [1.165, 1.54) is 0 Å². The predicted molar refractivity (Wildman–Crippen MR) is 80.1 cm³/mol. The Kier molecular flexibility index (Phi) is 3.28. The highest BCUT2D eigenvalue weighted by atomic mass is 35.5. The van der Waals surface area contributed by atoms with Crippen LogP contribution in [0.4, 0.5) is 0 Å². The van der Waals surface area contributed by atoms with E-state index in [1.807, 2.05) is 53.9 Å². The minimum absolute atomic E-state index is 0.311. The Bertz CT molecular complexity index is 778. The summed E-state index contributed by atoms with van der Waals surface area (Å²) in [5.74, 6) is 0. The molecule has 0 aliphatic carbocycles. The Balaban J connectivity index is 2.34. The normalized spacial score (nSPS) is 10.9. The first kappa shape index (κ1) is 12.9. The van der Waals surface area contributed by atoms with Gasteiger partial charge in [0.1, 0.15) is 11.9 Å². The highest BCUT2D eigenvalue weighted by Gasteiger charge is 2.15. The lowest BCUT2D eigenvalue weighted by Crippen LogP contribution is -1.96. The van der Waals surface area contributed by atoms with Crippen LogP contribution in [0.3, 0.4) is 0 Å². The molecule has 0 fully saturated rings. The summed E-state index contributed by atoms with van der Waals surface area (Å²) in [6.45, 7) is 1.97. The molecule has 0 radical (unpaired) electrons. The molecule has 3 rings (SSSR count). The molecule has 0 atom stereocenters. The Morgan fingerprint density at radius 1 is 1.30 bits per heavy atom. The second-order valence-electron chi connectivity index (χ2n) is 4.68. The van der Waals surface area contributed by atoms with Crippen molar-refractivity contribution < 1.29 is 4.79 Å². The highest BCUT2D eigenvalue weighted by molar-refractivity contribution is 6.30. The van der Waals surface area contributed by atoms with Gasteiger partial charge in [0.05, 0.1) is 16.4 Å². The molecule has 2 aromatic heterocycles. The fourth-order valence-corrected chi connectivity index (χ4v) is 2.68. The minimum Gasteiger partial charge on any atom is -0.303 e.